The maximum absolute atomic E-state index is 13.2. The van der Waals surface area contributed by atoms with Gasteiger partial charge in [-0.1, -0.05) is 11.8 Å². The first-order chi connectivity index (χ1) is 9.54. The van der Waals surface area contributed by atoms with Crippen LogP contribution in [0.1, 0.15) is 29.8 Å². The molecule has 0 atom stereocenters. The van der Waals surface area contributed by atoms with E-state index in [4.69, 9.17) is 10.5 Å². The van der Waals surface area contributed by atoms with Gasteiger partial charge in [-0.25, -0.2) is 4.39 Å². The number of amides is 1. The average Bonchev–Trinajstić information content (AvgIpc) is 2.41. The van der Waals surface area contributed by atoms with Crippen LogP contribution in [0.3, 0.4) is 0 Å². The molecule has 4 nitrogen and oxygen atoms in total. The second-order valence-electron chi connectivity index (χ2n) is 4.37. The van der Waals surface area contributed by atoms with Crippen LogP contribution in [0, 0.1) is 17.7 Å². The molecule has 0 heterocycles. The molecule has 0 aliphatic rings. The predicted molar refractivity (Wildman–Crippen MR) is 75.8 cm³/mol. The fourth-order valence-electron chi connectivity index (χ4n) is 1.51. The molecule has 1 aromatic rings. The number of hydrogen-bond donors (Lipinski definition) is 2. The van der Waals surface area contributed by atoms with E-state index in [0.717, 1.165) is 0 Å². The Hall–Kier alpha value is -1.90. The van der Waals surface area contributed by atoms with Crippen molar-refractivity contribution in [1.29, 1.82) is 0 Å². The number of halogens is 1. The van der Waals surface area contributed by atoms with E-state index in [1.54, 1.807) is 0 Å². The Morgan fingerprint density at radius 3 is 2.90 bits per heavy atom. The Labute approximate surface area is 118 Å². The molecular formula is C15H19FN2O2. The van der Waals surface area contributed by atoms with Gasteiger partial charge in [0.05, 0.1) is 24.8 Å². The van der Waals surface area contributed by atoms with E-state index in [1.807, 2.05) is 13.8 Å². The van der Waals surface area contributed by atoms with Gasteiger partial charge in [0.2, 0.25) is 0 Å². The molecular weight excluding hydrogens is 259 g/mol. The van der Waals surface area contributed by atoms with Crippen LogP contribution >= 0.6 is 0 Å². The Morgan fingerprint density at radius 2 is 2.25 bits per heavy atom. The summed E-state index contributed by atoms with van der Waals surface area (Å²) >= 11 is 0. The van der Waals surface area contributed by atoms with Gasteiger partial charge in [-0.15, -0.1) is 0 Å². The largest absolute Gasteiger partial charge is 0.377 e. The summed E-state index contributed by atoms with van der Waals surface area (Å²) in [6.45, 7) is 4.77. The monoisotopic (exact) mass is 278 g/mol. The van der Waals surface area contributed by atoms with E-state index < -0.39 is 5.82 Å². The molecule has 1 aromatic carbocycles. The number of benzene rings is 1. The van der Waals surface area contributed by atoms with E-state index in [0.29, 0.717) is 18.7 Å². The number of rotatable bonds is 5. The summed E-state index contributed by atoms with van der Waals surface area (Å²) < 4.78 is 18.6. The average molecular weight is 278 g/mol. The van der Waals surface area contributed by atoms with Gasteiger partial charge in [0, 0.05) is 12.1 Å². The third kappa shape index (κ3) is 5.39. The summed E-state index contributed by atoms with van der Waals surface area (Å²) in [4.78, 5) is 12.0. The molecule has 5 heteroatoms. The number of ether oxygens (including phenoxy) is 1. The van der Waals surface area contributed by atoms with Crippen LogP contribution in [0.2, 0.25) is 0 Å². The van der Waals surface area contributed by atoms with Crippen molar-refractivity contribution in [2.24, 2.45) is 5.73 Å². The van der Waals surface area contributed by atoms with Gasteiger partial charge < -0.3 is 15.8 Å². The maximum Gasteiger partial charge on any atom is 0.252 e. The molecule has 0 fully saturated rings. The van der Waals surface area contributed by atoms with Gasteiger partial charge in [0.1, 0.15) is 5.82 Å². The lowest BCUT2D eigenvalue weighted by Crippen LogP contribution is -2.28. The van der Waals surface area contributed by atoms with Crippen LogP contribution < -0.4 is 11.1 Å². The molecule has 0 saturated carbocycles. The van der Waals surface area contributed by atoms with Gasteiger partial charge >= 0.3 is 0 Å². The van der Waals surface area contributed by atoms with Crippen molar-refractivity contribution in [3.63, 3.8) is 0 Å². The summed E-state index contributed by atoms with van der Waals surface area (Å²) in [5, 5.41) is 2.67. The Bertz CT molecular complexity index is 518. The van der Waals surface area contributed by atoms with E-state index in [9.17, 15) is 9.18 Å². The molecule has 0 radical (unpaired) electrons. The smallest absolute Gasteiger partial charge is 0.252 e. The Balaban J connectivity index is 2.73. The fourth-order valence-corrected chi connectivity index (χ4v) is 1.51. The van der Waals surface area contributed by atoms with Crippen LogP contribution in [-0.2, 0) is 4.74 Å². The van der Waals surface area contributed by atoms with E-state index in [-0.39, 0.29) is 24.1 Å². The van der Waals surface area contributed by atoms with Gasteiger partial charge in [-0.3, -0.25) is 4.79 Å². The summed E-state index contributed by atoms with van der Waals surface area (Å²) in [6.07, 6.45) is 0.104. The van der Waals surface area contributed by atoms with Crippen LogP contribution in [0.5, 0.6) is 0 Å². The minimum absolute atomic E-state index is 0.104. The molecule has 0 bridgehead atoms. The van der Waals surface area contributed by atoms with Crippen LogP contribution in [-0.4, -0.2) is 31.7 Å². The molecule has 3 N–H and O–H groups in total. The molecule has 0 aliphatic heterocycles. The quantitative estimate of drug-likeness (QED) is 0.630. The first kappa shape index (κ1) is 16.2. The number of nitrogens with two attached hydrogens (primary N) is 1. The SMILES string of the molecule is CC(C)OCCNC(=O)c1cc(F)ccc1C#CCN. The van der Waals surface area contributed by atoms with Crippen molar-refractivity contribution >= 4 is 5.91 Å². The zero-order valence-corrected chi connectivity index (χ0v) is 11.7. The molecule has 0 saturated heterocycles. The van der Waals surface area contributed by atoms with Crippen LogP contribution in [0.25, 0.3) is 0 Å². The van der Waals surface area contributed by atoms with Crippen LogP contribution in [0.4, 0.5) is 4.39 Å². The number of carbonyl (C=O) groups excluding carboxylic acids is 1. The first-order valence-corrected chi connectivity index (χ1v) is 6.43. The maximum atomic E-state index is 13.2. The highest BCUT2D eigenvalue weighted by molar-refractivity contribution is 5.96. The first-order valence-electron chi connectivity index (χ1n) is 6.43. The third-order valence-corrected chi connectivity index (χ3v) is 2.39. The second-order valence-corrected chi connectivity index (χ2v) is 4.37. The topological polar surface area (TPSA) is 64.3 Å². The van der Waals surface area contributed by atoms with Gasteiger partial charge in [-0.05, 0) is 32.0 Å². The lowest BCUT2D eigenvalue weighted by atomic mass is 10.1. The van der Waals surface area contributed by atoms with Crippen molar-refractivity contribution in [2.45, 2.75) is 20.0 Å². The minimum atomic E-state index is -0.480. The molecule has 1 rings (SSSR count). The van der Waals surface area contributed by atoms with E-state index in [2.05, 4.69) is 17.2 Å². The standard InChI is InChI=1S/C15H19FN2O2/c1-11(2)20-9-8-18-15(19)14-10-13(16)6-5-12(14)4-3-7-17/h5-6,10-11H,7-9,17H2,1-2H3,(H,18,19). The van der Waals surface area contributed by atoms with Crippen LogP contribution in [0.15, 0.2) is 18.2 Å². The molecule has 0 aliphatic carbocycles. The Kier molecular flexibility index (Phi) is 6.71. The van der Waals surface area contributed by atoms with Gasteiger partial charge in [-0.2, -0.15) is 0 Å². The van der Waals surface area contributed by atoms with Crippen molar-refractivity contribution in [2.75, 3.05) is 19.7 Å². The minimum Gasteiger partial charge on any atom is -0.377 e. The number of hydrogen-bond acceptors (Lipinski definition) is 3. The number of carbonyl (C=O) groups is 1. The summed E-state index contributed by atoms with van der Waals surface area (Å²) in [5.41, 5.74) is 5.96. The zero-order valence-electron chi connectivity index (χ0n) is 11.7. The van der Waals surface area contributed by atoms with E-state index >= 15 is 0 Å². The molecule has 0 spiro atoms. The highest BCUT2D eigenvalue weighted by Crippen LogP contribution is 2.10. The summed E-state index contributed by atoms with van der Waals surface area (Å²) in [5.74, 6) is 4.55. The fraction of sp³-hybridized carbons (Fsp3) is 0.400. The number of nitrogens with one attached hydrogen (secondary N) is 1. The summed E-state index contributed by atoms with van der Waals surface area (Å²) in [7, 11) is 0. The predicted octanol–water partition coefficient (Wildman–Crippen LogP) is 1.29. The van der Waals surface area contributed by atoms with Crippen molar-refractivity contribution in [1.82, 2.24) is 5.32 Å². The molecule has 0 aromatic heterocycles. The lowest BCUT2D eigenvalue weighted by Gasteiger charge is -2.09. The van der Waals surface area contributed by atoms with Gasteiger partial charge in [0.25, 0.3) is 5.91 Å². The highest BCUT2D eigenvalue weighted by atomic mass is 19.1. The Morgan fingerprint density at radius 1 is 1.50 bits per heavy atom. The zero-order chi connectivity index (χ0) is 15.0. The van der Waals surface area contributed by atoms with Gasteiger partial charge in [0.15, 0.2) is 0 Å². The molecule has 108 valence electrons. The van der Waals surface area contributed by atoms with E-state index in [1.165, 1.54) is 18.2 Å². The summed E-state index contributed by atoms with van der Waals surface area (Å²) in [6, 6.07) is 3.90. The normalized spacial score (nSPS) is 10.1. The molecule has 20 heavy (non-hydrogen) atoms. The highest BCUT2D eigenvalue weighted by Gasteiger charge is 2.11. The van der Waals surface area contributed by atoms with Crippen molar-refractivity contribution in [3.05, 3.63) is 35.1 Å². The molecule has 1 amide bonds. The molecule has 0 unspecified atom stereocenters. The second kappa shape index (κ2) is 8.31. The third-order valence-electron chi connectivity index (χ3n) is 2.39. The lowest BCUT2D eigenvalue weighted by molar-refractivity contribution is 0.0746. The van der Waals surface area contributed by atoms with Crippen molar-refractivity contribution < 1.29 is 13.9 Å². The van der Waals surface area contributed by atoms with Crippen molar-refractivity contribution in [3.8, 4) is 11.8 Å².